The van der Waals surface area contributed by atoms with Crippen LogP contribution in [-0.4, -0.2) is 40.7 Å². The molecule has 23 heavy (non-hydrogen) atoms. The van der Waals surface area contributed by atoms with Gasteiger partial charge in [-0.05, 0) is 26.7 Å². The summed E-state index contributed by atoms with van der Waals surface area (Å²) in [6.45, 7) is 12.1. The average molecular weight is 472 g/mol. The zero-order chi connectivity index (χ0) is 17.1. The standard InChI is InChI=1S/C9H19NS2.C4H10O.CH3NOS.2Ni/c1-3-5-7-10(9(11)12)8-6-4-2;1-3-5-4-2;2-1(3)4;;/h3-8H2,1-2H3,(H,11,12);3-4H2,1-2H3;(H3,2,3,4);;/q;;;2*+2/p-2. The van der Waals surface area contributed by atoms with Crippen LogP contribution < -0.4 is 10.8 Å². The van der Waals surface area contributed by atoms with Gasteiger partial charge in [-0.1, -0.05) is 43.2 Å². The van der Waals surface area contributed by atoms with Gasteiger partial charge in [-0.25, -0.2) is 0 Å². The molecule has 0 aromatic rings. The number of nitrogens with two attached hydrogens (primary N) is 1. The SMILES string of the molecule is CCCCN(CCCC)C(=S)[S-].CCOCC.NC([O-])=S.[Ni+2].[Ni+2]. The van der Waals surface area contributed by atoms with Gasteiger partial charge in [-0.2, -0.15) is 0 Å². The molecular formula is C14H30N2Ni2O2S3+2. The average Bonchev–Trinajstić information content (AvgIpc) is 2.39. The summed E-state index contributed by atoms with van der Waals surface area (Å²) in [4.78, 5) is 2.14. The minimum absolute atomic E-state index is 0. The molecule has 0 aliphatic heterocycles. The smallest absolute Gasteiger partial charge is 0.852 e. The summed E-state index contributed by atoms with van der Waals surface area (Å²) in [5.74, 6) is 0. The van der Waals surface area contributed by atoms with E-state index < -0.39 is 5.17 Å². The van der Waals surface area contributed by atoms with Crippen molar-refractivity contribution in [1.82, 2.24) is 4.90 Å². The van der Waals surface area contributed by atoms with Crippen molar-refractivity contribution in [3.05, 3.63) is 0 Å². The third-order valence-electron chi connectivity index (χ3n) is 2.23. The van der Waals surface area contributed by atoms with Crippen LogP contribution in [0.2, 0.25) is 0 Å². The van der Waals surface area contributed by atoms with Crippen LogP contribution in [0.1, 0.15) is 53.4 Å². The maximum atomic E-state index is 9.04. The van der Waals surface area contributed by atoms with E-state index in [1.165, 1.54) is 25.7 Å². The topological polar surface area (TPSA) is 61.5 Å². The summed E-state index contributed by atoms with van der Waals surface area (Å²) in [5, 5.41) is 8.29. The third kappa shape index (κ3) is 45.0. The van der Waals surface area contributed by atoms with E-state index in [1.54, 1.807) is 0 Å². The molecule has 144 valence electrons. The Morgan fingerprint density at radius 3 is 1.43 bits per heavy atom. The maximum absolute atomic E-state index is 9.04. The zero-order valence-corrected chi connectivity index (χ0v) is 18.8. The van der Waals surface area contributed by atoms with Crippen molar-refractivity contribution in [2.45, 2.75) is 53.4 Å². The fourth-order valence-electron chi connectivity index (χ4n) is 1.20. The van der Waals surface area contributed by atoms with Gasteiger partial charge in [-0.15, -0.1) is 0 Å². The van der Waals surface area contributed by atoms with Crippen LogP contribution in [0.15, 0.2) is 0 Å². The molecule has 0 aliphatic rings. The predicted octanol–water partition coefficient (Wildman–Crippen LogP) is 2.35. The Morgan fingerprint density at radius 2 is 1.30 bits per heavy atom. The van der Waals surface area contributed by atoms with Crippen molar-refractivity contribution in [1.29, 1.82) is 0 Å². The Morgan fingerprint density at radius 1 is 1.00 bits per heavy atom. The van der Waals surface area contributed by atoms with Crippen LogP contribution in [-0.2, 0) is 50.3 Å². The van der Waals surface area contributed by atoms with Gasteiger partial charge in [0.05, 0.1) is 0 Å². The predicted molar refractivity (Wildman–Crippen MR) is 100 cm³/mol. The van der Waals surface area contributed by atoms with Crippen molar-refractivity contribution < 1.29 is 42.8 Å². The largest absolute Gasteiger partial charge is 2.00 e. The second-order valence-corrected chi connectivity index (χ2v) is 5.49. The number of rotatable bonds is 8. The molecule has 2 N–H and O–H groups in total. The fraction of sp³-hybridized carbons (Fsp3) is 0.857. The fourth-order valence-corrected chi connectivity index (χ4v) is 1.56. The van der Waals surface area contributed by atoms with E-state index >= 15 is 0 Å². The van der Waals surface area contributed by atoms with Gasteiger partial charge in [0.25, 0.3) is 0 Å². The van der Waals surface area contributed by atoms with Gasteiger partial charge in [0, 0.05) is 31.5 Å². The number of unbranched alkanes of at least 4 members (excludes halogenated alkanes) is 2. The summed E-state index contributed by atoms with van der Waals surface area (Å²) in [7, 11) is 0. The van der Waals surface area contributed by atoms with E-state index in [1.807, 2.05) is 13.8 Å². The van der Waals surface area contributed by atoms with Crippen LogP contribution in [0.25, 0.3) is 0 Å². The Labute approximate surface area is 178 Å². The van der Waals surface area contributed by atoms with Crippen LogP contribution in [0.4, 0.5) is 0 Å². The van der Waals surface area contributed by atoms with Crippen LogP contribution in [0.5, 0.6) is 0 Å². The zero-order valence-electron chi connectivity index (χ0n) is 14.4. The first kappa shape index (κ1) is 35.0. The Hall–Kier alpha value is 0.747. The maximum Gasteiger partial charge on any atom is 2.00 e. The molecule has 0 atom stereocenters. The van der Waals surface area contributed by atoms with Crippen molar-refractivity contribution >= 4 is 46.6 Å². The van der Waals surface area contributed by atoms with E-state index in [0.29, 0.717) is 4.32 Å². The molecule has 0 fully saturated rings. The minimum Gasteiger partial charge on any atom is -0.852 e. The quantitative estimate of drug-likeness (QED) is 0.331. The van der Waals surface area contributed by atoms with E-state index in [2.05, 4.69) is 36.7 Å². The normalized spacial score (nSPS) is 8.00. The van der Waals surface area contributed by atoms with Gasteiger partial charge >= 0.3 is 33.0 Å². The van der Waals surface area contributed by atoms with Crippen molar-refractivity contribution in [2.24, 2.45) is 5.73 Å². The van der Waals surface area contributed by atoms with E-state index in [9.17, 15) is 0 Å². The number of thiocarbonyl (C=S) groups is 2. The van der Waals surface area contributed by atoms with Crippen molar-refractivity contribution in [2.75, 3.05) is 26.3 Å². The summed E-state index contributed by atoms with van der Waals surface area (Å²) in [6.07, 6.45) is 4.81. The molecular weight excluding hydrogens is 442 g/mol. The molecule has 0 aliphatic carbocycles. The Kier molecular flexibility index (Phi) is 46.5. The summed E-state index contributed by atoms with van der Waals surface area (Å²) >= 11 is 13.7. The number of nitrogens with zero attached hydrogens (tertiary/aromatic N) is 1. The molecule has 4 nitrogen and oxygen atoms in total. The Bertz CT molecular complexity index is 238. The molecule has 0 saturated carbocycles. The van der Waals surface area contributed by atoms with Crippen LogP contribution in [0, 0.1) is 0 Å². The van der Waals surface area contributed by atoms with Crippen molar-refractivity contribution in [3.8, 4) is 0 Å². The monoisotopic (exact) mass is 470 g/mol. The summed E-state index contributed by atoms with van der Waals surface area (Å²) in [6, 6.07) is 0. The first-order valence-corrected chi connectivity index (χ1v) is 8.59. The molecule has 0 rings (SSSR count). The van der Waals surface area contributed by atoms with Gasteiger partial charge in [-0.3, -0.25) is 0 Å². The van der Waals surface area contributed by atoms with E-state index in [4.69, 9.17) is 34.7 Å². The first-order chi connectivity index (χ1) is 9.87. The molecule has 0 spiro atoms. The van der Waals surface area contributed by atoms with Crippen molar-refractivity contribution in [3.63, 3.8) is 0 Å². The Balaban J connectivity index is -0.0000000828. The van der Waals surface area contributed by atoms with Crippen LogP contribution in [0.3, 0.4) is 0 Å². The molecule has 0 aromatic heterocycles. The van der Waals surface area contributed by atoms with Gasteiger partial charge in [0.15, 0.2) is 0 Å². The van der Waals surface area contributed by atoms with Gasteiger partial charge < -0.3 is 45.3 Å². The molecule has 0 bridgehead atoms. The molecule has 0 heterocycles. The van der Waals surface area contributed by atoms with Crippen LogP contribution >= 0.6 is 24.4 Å². The summed E-state index contributed by atoms with van der Waals surface area (Å²) in [5.41, 5.74) is 4.29. The molecule has 0 unspecified atom stereocenters. The number of hydrogen-bond acceptors (Lipinski definition) is 5. The van der Waals surface area contributed by atoms with Gasteiger partial charge in [0.1, 0.15) is 0 Å². The molecule has 0 saturated heterocycles. The number of ether oxygens (including phenoxy) is 1. The summed E-state index contributed by atoms with van der Waals surface area (Å²) < 4.78 is 5.47. The third-order valence-corrected chi connectivity index (χ3v) is 2.75. The second-order valence-electron chi connectivity index (χ2n) is 4.06. The first-order valence-electron chi connectivity index (χ1n) is 7.37. The van der Waals surface area contributed by atoms with E-state index in [0.717, 1.165) is 26.3 Å². The molecule has 9 heteroatoms. The van der Waals surface area contributed by atoms with E-state index in [-0.39, 0.29) is 33.0 Å². The second kappa shape index (κ2) is 30.6. The minimum atomic E-state index is -0.750. The molecule has 0 radical (unpaired) electrons. The van der Waals surface area contributed by atoms with Gasteiger partial charge in [0.2, 0.25) is 0 Å². The molecule has 0 amide bonds. The molecule has 0 aromatic carbocycles. The number of hydrogen-bond donors (Lipinski definition) is 1.